The molecule has 31 heavy (non-hydrogen) atoms. The third-order valence-electron chi connectivity index (χ3n) is 5.52. The van der Waals surface area contributed by atoms with Crippen LogP contribution >= 0.6 is 0 Å². The van der Waals surface area contributed by atoms with Gasteiger partial charge >= 0.3 is 0 Å². The van der Waals surface area contributed by atoms with Crippen molar-refractivity contribution in [3.8, 4) is 17.0 Å². The molecule has 0 bridgehead atoms. The van der Waals surface area contributed by atoms with Gasteiger partial charge in [-0.25, -0.2) is 4.98 Å². The minimum Gasteiger partial charge on any atom is -0.497 e. The molecule has 1 aromatic heterocycles. The van der Waals surface area contributed by atoms with E-state index in [-0.39, 0.29) is 5.91 Å². The molecule has 1 N–H and O–H groups in total. The Kier molecular flexibility index (Phi) is 5.47. The molecule has 0 radical (unpaired) electrons. The number of pyridine rings is 1. The number of aromatic nitrogens is 1. The van der Waals surface area contributed by atoms with Gasteiger partial charge in [0, 0.05) is 16.6 Å². The minimum absolute atomic E-state index is 0.138. The molecule has 0 saturated heterocycles. The van der Waals surface area contributed by atoms with Gasteiger partial charge in [0.25, 0.3) is 5.91 Å². The van der Waals surface area contributed by atoms with Crippen LogP contribution in [0.2, 0.25) is 0 Å². The summed E-state index contributed by atoms with van der Waals surface area (Å²) in [7, 11) is 1.64. The van der Waals surface area contributed by atoms with Crippen molar-refractivity contribution in [1.29, 1.82) is 0 Å². The zero-order valence-electron chi connectivity index (χ0n) is 18.5. The second kappa shape index (κ2) is 8.23. The Morgan fingerprint density at radius 1 is 0.839 bits per heavy atom. The molecule has 156 valence electrons. The fourth-order valence-electron chi connectivity index (χ4n) is 3.84. The van der Waals surface area contributed by atoms with E-state index in [0.29, 0.717) is 5.56 Å². The lowest BCUT2D eigenvalue weighted by molar-refractivity contribution is 0.102. The van der Waals surface area contributed by atoms with Gasteiger partial charge < -0.3 is 10.1 Å². The number of carbonyl (C=O) groups is 1. The number of carbonyl (C=O) groups excluding carboxylic acids is 1. The Labute approximate surface area is 182 Å². The molecule has 0 aliphatic carbocycles. The van der Waals surface area contributed by atoms with E-state index in [4.69, 9.17) is 9.72 Å². The van der Waals surface area contributed by atoms with Crippen molar-refractivity contribution in [1.82, 2.24) is 4.98 Å². The Bertz CT molecular complexity index is 1290. The van der Waals surface area contributed by atoms with Crippen molar-refractivity contribution in [3.05, 3.63) is 88.5 Å². The van der Waals surface area contributed by atoms with Gasteiger partial charge in [-0.15, -0.1) is 0 Å². The molecule has 0 atom stereocenters. The summed E-state index contributed by atoms with van der Waals surface area (Å²) in [6, 6.07) is 19.8. The van der Waals surface area contributed by atoms with Crippen molar-refractivity contribution in [2.24, 2.45) is 0 Å². The number of anilines is 1. The molecule has 1 heterocycles. The van der Waals surface area contributed by atoms with Gasteiger partial charge in [-0.3, -0.25) is 4.79 Å². The lowest BCUT2D eigenvalue weighted by atomic mass is 9.99. The van der Waals surface area contributed by atoms with E-state index in [1.165, 1.54) is 0 Å². The number of methoxy groups -OCH3 is 1. The largest absolute Gasteiger partial charge is 0.497 e. The predicted molar refractivity (Wildman–Crippen MR) is 127 cm³/mol. The van der Waals surface area contributed by atoms with Crippen molar-refractivity contribution in [2.45, 2.75) is 27.7 Å². The smallest absolute Gasteiger partial charge is 0.256 e. The van der Waals surface area contributed by atoms with Crippen molar-refractivity contribution in [2.75, 3.05) is 12.4 Å². The molecule has 3 aromatic carbocycles. The van der Waals surface area contributed by atoms with Gasteiger partial charge in [0.1, 0.15) is 5.75 Å². The topological polar surface area (TPSA) is 51.2 Å². The average Bonchev–Trinajstić information content (AvgIpc) is 2.75. The maximum absolute atomic E-state index is 13.4. The van der Waals surface area contributed by atoms with Gasteiger partial charge in [-0.1, -0.05) is 23.8 Å². The van der Waals surface area contributed by atoms with Crippen LogP contribution in [0.25, 0.3) is 22.2 Å². The lowest BCUT2D eigenvalue weighted by Gasteiger charge is -2.14. The van der Waals surface area contributed by atoms with Crippen molar-refractivity contribution < 1.29 is 9.53 Å². The summed E-state index contributed by atoms with van der Waals surface area (Å²) in [5.41, 5.74) is 8.25. The van der Waals surface area contributed by atoms with E-state index in [1.807, 2.05) is 82.3 Å². The molecule has 0 unspecified atom stereocenters. The predicted octanol–water partition coefficient (Wildman–Crippen LogP) is 6.40. The van der Waals surface area contributed by atoms with E-state index in [0.717, 1.165) is 55.9 Å². The van der Waals surface area contributed by atoms with Crippen LogP contribution < -0.4 is 10.1 Å². The molecule has 4 heteroatoms. The molecule has 0 aliphatic heterocycles. The molecular formula is C27H26N2O2. The number of amides is 1. The summed E-state index contributed by atoms with van der Waals surface area (Å²) in [5, 5.41) is 3.97. The highest BCUT2D eigenvalue weighted by Gasteiger charge is 2.17. The SMILES string of the molecule is COc1ccc(-c2cc(C(=O)Nc3cc(C)ccc3C)c3cc(C)cc(C)c3n2)cc1. The minimum atomic E-state index is -0.138. The first-order chi connectivity index (χ1) is 14.9. The summed E-state index contributed by atoms with van der Waals surface area (Å²) in [5.74, 6) is 0.644. The van der Waals surface area contributed by atoms with E-state index < -0.39 is 0 Å². The molecule has 1 amide bonds. The van der Waals surface area contributed by atoms with Crippen molar-refractivity contribution in [3.63, 3.8) is 0 Å². The highest BCUT2D eigenvalue weighted by molar-refractivity contribution is 6.13. The molecular weight excluding hydrogens is 384 g/mol. The zero-order chi connectivity index (χ0) is 22.1. The lowest BCUT2D eigenvalue weighted by Crippen LogP contribution is -2.14. The first kappa shape index (κ1) is 20.6. The van der Waals surface area contributed by atoms with Crippen molar-refractivity contribution >= 4 is 22.5 Å². The van der Waals surface area contributed by atoms with Crippen LogP contribution in [0.3, 0.4) is 0 Å². The second-order valence-electron chi connectivity index (χ2n) is 8.03. The molecule has 4 aromatic rings. The Morgan fingerprint density at radius 2 is 1.58 bits per heavy atom. The molecule has 0 saturated carbocycles. The second-order valence-corrected chi connectivity index (χ2v) is 8.03. The quantitative estimate of drug-likeness (QED) is 0.424. The summed E-state index contributed by atoms with van der Waals surface area (Å²) >= 11 is 0. The Balaban J connectivity index is 1.87. The maximum atomic E-state index is 13.4. The number of rotatable bonds is 4. The third kappa shape index (κ3) is 4.15. The van der Waals surface area contributed by atoms with Crippen LogP contribution in [0.15, 0.2) is 60.7 Å². The van der Waals surface area contributed by atoms with Gasteiger partial charge in [-0.05, 0) is 86.8 Å². The number of ether oxygens (including phenoxy) is 1. The van der Waals surface area contributed by atoms with Gasteiger partial charge in [0.05, 0.1) is 23.9 Å². The maximum Gasteiger partial charge on any atom is 0.256 e. The number of benzene rings is 3. The molecule has 4 rings (SSSR count). The zero-order valence-corrected chi connectivity index (χ0v) is 18.5. The number of aryl methyl sites for hydroxylation is 4. The number of nitrogens with zero attached hydrogens (tertiary/aromatic N) is 1. The van der Waals surface area contributed by atoms with Crippen LogP contribution in [0.5, 0.6) is 5.75 Å². The highest BCUT2D eigenvalue weighted by Crippen LogP contribution is 2.30. The number of nitrogens with one attached hydrogen (secondary N) is 1. The molecule has 0 spiro atoms. The molecule has 4 nitrogen and oxygen atoms in total. The van der Waals surface area contributed by atoms with E-state index >= 15 is 0 Å². The van der Waals surface area contributed by atoms with Crippen LogP contribution in [-0.4, -0.2) is 18.0 Å². The van der Waals surface area contributed by atoms with Crippen LogP contribution in [0.1, 0.15) is 32.6 Å². The van der Waals surface area contributed by atoms with E-state index in [1.54, 1.807) is 7.11 Å². The first-order valence-corrected chi connectivity index (χ1v) is 10.3. The van der Waals surface area contributed by atoms with E-state index in [2.05, 4.69) is 11.4 Å². The van der Waals surface area contributed by atoms with E-state index in [9.17, 15) is 4.79 Å². The van der Waals surface area contributed by atoms with Crippen LogP contribution in [-0.2, 0) is 0 Å². The third-order valence-corrected chi connectivity index (χ3v) is 5.52. The summed E-state index contributed by atoms with van der Waals surface area (Å²) in [4.78, 5) is 18.3. The highest BCUT2D eigenvalue weighted by atomic mass is 16.5. The standard InChI is InChI=1S/C27H26N2O2/c1-16-6-7-18(3)24(14-16)29-27(30)23-15-25(20-8-10-21(31-5)11-9-20)28-26-19(4)12-17(2)13-22(23)26/h6-15H,1-5H3,(H,29,30). The summed E-state index contributed by atoms with van der Waals surface area (Å²) < 4.78 is 5.27. The van der Waals surface area contributed by atoms with Gasteiger partial charge in [0.2, 0.25) is 0 Å². The number of fused-ring (bicyclic) bond motifs is 1. The Morgan fingerprint density at radius 3 is 2.29 bits per heavy atom. The molecule has 0 fully saturated rings. The fourth-order valence-corrected chi connectivity index (χ4v) is 3.84. The Hall–Kier alpha value is -3.66. The number of hydrogen-bond donors (Lipinski definition) is 1. The molecule has 0 aliphatic rings. The number of hydrogen-bond acceptors (Lipinski definition) is 3. The van der Waals surface area contributed by atoms with Gasteiger partial charge in [0.15, 0.2) is 0 Å². The summed E-state index contributed by atoms with van der Waals surface area (Å²) in [6.45, 7) is 8.09. The van der Waals surface area contributed by atoms with Crippen LogP contribution in [0.4, 0.5) is 5.69 Å². The average molecular weight is 411 g/mol. The monoisotopic (exact) mass is 410 g/mol. The first-order valence-electron chi connectivity index (χ1n) is 10.3. The van der Waals surface area contributed by atoms with Gasteiger partial charge in [-0.2, -0.15) is 0 Å². The normalized spacial score (nSPS) is 10.9. The summed E-state index contributed by atoms with van der Waals surface area (Å²) in [6.07, 6.45) is 0. The fraction of sp³-hybridized carbons (Fsp3) is 0.185. The van der Waals surface area contributed by atoms with Crippen LogP contribution in [0, 0.1) is 27.7 Å².